The van der Waals surface area contributed by atoms with Gasteiger partial charge in [-0.25, -0.2) is 0 Å². The normalized spacial score (nSPS) is 19.3. The van der Waals surface area contributed by atoms with Crippen LogP contribution in [-0.2, 0) is 9.59 Å². The second kappa shape index (κ2) is 7.59. The summed E-state index contributed by atoms with van der Waals surface area (Å²) in [6.07, 6.45) is 5.00. The monoisotopic (exact) mass is 395 g/mol. The Morgan fingerprint density at radius 1 is 1.11 bits per heavy atom. The maximum absolute atomic E-state index is 13.0. The summed E-state index contributed by atoms with van der Waals surface area (Å²) in [5.41, 5.74) is 1.61. The van der Waals surface area contributed by atoms with Crippen molar-refractivity contribution >= 4 is 46.8 Å². The van der Waals surface area contributed by atoms with Crippen molar-refractivity contribution in [3.05, 3.63) is 53.3 Å². The first-order chi connectivity index (χ1) is 13.5. The van der Waals surface area contributed by atoms with Crippen LogP contribution in [0.15, 0.2) is 46.4 Å². The van der Waals surface area contributed by atoms with Crippen LogP contribution in [0.5, 0.6) is 0 Å². The van der Waals surface area contributed by atoms with Crippen molar-refractivity contribution in [2.75, 3.05) is 22.9 Å². The standard InChI is InChI=1S/C21H21N3O3S/c1-14-6-5-7-15(12-14)24-20(26)17(19(25)22-21(24)28)13-16-8-9-18(27-16)23-10-3-2-4-11-23/h5-9,12-13H,2-4,10-11H2,1H3,(H,22,25,28)/b17-13-. The molecule has 7 heteroatoms. The molecule has 0 unspecified atom stereocenters. The van der Waals surface area contributed by atoms with Gasteiger partial charge in [0.25, 0.3) is 11.8 Å². The van der Waals surface area contributed by atoms with E-state index < -0.39 is 11.8 Å². The van der Waals surface area contributed by atoms with Crippen molar-refractivity contribution in [1.82, 2.24) is 5.32 Å². The highest BCUT2D eigenvalue weighted by Gasteiger charge is 2.34. The molecule has 2 aliphatic rings. The average Bonchev–Trinajstić information content (AvgIpc) is 3.14. The Labute approximate surface area is 168 Å². The summed E-state index contributed by atoms with van der Waals surface area (Å²) in [5, 5.41) is 2.67. The van der Waals surface area contributed by atoms with Gasteiger partial charge < -0.3 is 9.32 Å². The lowest BCUT2D eigenvalue weighted by Gasteiger charge is -2.29. The number of carbonyl (C=O) groups excluding carboxylic acids is 2. The first-order valence-corrected chi connectivity index (χ1v) is 9.77. The average molecular weight is 395 g/mol. The molecule has 2 aliphatic heterocycles. The van der Waals surface area contributed by atoms with Crippen LogP contribution in [0.2, 0.25) is 0 Å². The molecule has 2 amide bonds. The summed E-state index contributed by atoms with van der Waals surface area (Å²) >= 11 is 5.23. The van der Waals surface area contributed by atoms with E-state index in [-0.39, 0.29) is 10.7 Å². The first-order valence-electron chi connectivity index (χ1n) is 9.36. The lowest BCUT2D eigenvalue weighted by molar-refractivity contribution is -0.122. The molecule has 0 spiro atoms. The number of aryl methyl sites for hydroxylation is 1. The van der Waals surface area contributed by atoms with E-state index in [1.807, 2.05) is 31.2 Å². The third-order valence-electron chi connectivity index (χ3n) is 4.93. The fourth-order valence-corrected chi connectivity index (χ4v) is 3.79. The van der Waals surface area contributed by atoms with Gasteiger partial charge >= 0.3 is 0 Å². The highest BCUT2D eigenvalue weighted by molar-refractivity contribution is 7.80. The van der Waals surface area contributed by atoms with Crippen LogP contribution in [-0.4, -0.2) is 30.0 Å². The highest BCUT2D eigenvalue weighted by atomic mass is 32.1. The molecule has 0 aliphatic carbocycles. The fraction of sp³-hybridized carbons (Fsp3) is 0.286. The zero-order chi connectivity index (χ0) is 19.7. The largest absolute Gasteiger partial charge is 0.441 e. The van der Waals surface area contributed by atoms with Gasteiger partial charge in [-0.1, -0.05) is 12.1 Å². The van der Waals surface area contributed by atoms with Crippen molar-refractivity contribution in [2.24, 2.45) is 0 Å². The minimum Gasteiger partial charge on any atom is -0.441 e. The van der Waals surface area contributed by atoms with Crippen LogP contribution in [0.3, 0.4) is 0 Å². The van der Waals surface area contributed by atoms with Gasteiger partial charge in [0.15, 0.2) is 11.0 Å². The number of carbonyl (C=O) groups is 2. The molecule has 2 aromatic rings. The van der Waals surface area contributed by atoms with Crippen LogP contribution in [0.4, 0.5) is 11.6 Å². The zero-order valence-corrected chi connectivity index (χ0v) is 16.4. The van der Waals surface area contributed by atoms with Crippen molar-refractivity contribution in [3.63, 3.8) is 0 Å². The van der Waals surface area contributed by atoms with E-state index in [9.17, 15) is 9.59 Å². The lowest BCUT2D eigenvalue weighted by Crippen LogP contribution is -2.54. The van der Waals surface area contributed by atoms with Crippen molar-refractivity contribution < 1.29 is 14.0 Å². The zero-order valence-electron chi connectivity index (χ0n) is 15.6. The van der Waals surface area contributed by atoms with Gasteiger partial charge in [0.05, 0.1) is 5.69 Å². The Balaban J connectivity index is 1.63. The van der Waals surface area contributed by atoms with Crippen LogP contribution in [0, 0.1) is 6.92 Å². The van der Waals surface area contributed by atoms with Crippen molar-refractivity contribution in [1.29, 1.82) is 0 Å². The summed E-state index contributed by atoms with van der Waals surface area (Å²) < 4.78 is 5.88. The van der Waals surface area contributed by atoms with Gasteiger partial charge in [-0.3, -0.25) is 19.8 Å². The van der Waals surface area contributed by atoms with Gasteiger partial charge in [-0.15, -0.1) is 0 Å². The summed E-state index contributed by atoms with van der Waals surface area (Å²) in [5.74, 6) is 0.252. The summed E-state index contributed by atoms with van der Waals surface area (Å²) in [6.45, 7) is 3.85. The van der Waals surface area contributed by atoms with Crippen molar-refractivity contribution in [3.8, 4) is 0 Å². The molecule has 2 saturated heterocycles. The number of nitrogens with one attached hydrogen (secondary N) is 1. The molecule has 28 heavy (non-hydrogen) atoms. The number of hydrogen-bond acceptors (Lipinski definition) is 5. The number of rotatable bonds is 3. The molecular weight excluding hydrogens is 374 g/mol. The topological polar surface area (TPSA) is 65.8 Å². The molecule has 3 heterocycles. The van der Waals surface area contributed by atoms with Gasteiger partial charge in [0.1, 0.15) is 11.3 Å². The van der Waals surface area contributed by atoms with Gasteiger partial charge in [-0.05, 0) is 68.2 Å². The number of piperidine rings is 1. The molecule has 1 N–H and O–H groups in total. The van der Waals surface area contributed by atoms with E-state index in [1.54, 1.807) is 12.1 Å². The van der Waals surface area contributed by atoms with Crippen LogP contribution < -0.4 is 15.1 Å². The van der Waals surface area contributed by atoms with Gasteiger partial charge in [0.2, 0.25) is 0 Å². The van der Waals surface area contributed by atoms with E-state index in [2.05, 4.69) is 10.2 Å². The Kier molecular flexibility index (Phi) is 5.00. The molecule has 0 radical (unpaired) electrons. The molecule has 1 aromatic heterocycles. The number of furan rings is 1. The molecule has 6 nitrogen and oxygen atoms in total. The summed E-state index contributed by atoms with van der Waals surface area (Å²) in [6, 6.07) is 11.1. The first kappa shape index (κ1) is 18.4. The molecule has 0 saturated carbocycles. The Bertz CT molecular complexity index is 973. The third-order valence-corrected chi connectivity index (χ3v) is 5.21. The smallest absolute Gasteiger partial charge is 0.270 e. The maximum Gasteiger partial charge on any atom is 0.270 e. The Hall–Kier alpha value is -2.93. The molecule has 0 atom stereocenters. The lowest BCUT2D eigenvalue weighted by atomic mass is 10.1. The Morgan fingerprint density at radius 3 is 2.64 bits per heavy atom. The number of anilines is 2. The molecule has 4 rings (SSSR count). The van der Waals surface area contributed by atoms with Gasteiger partial charge in [-0.2, -0.15) is 0 Å². The minimum absolute atomic E-state index is 0.00495. The minimum atomic E-state index is -0.519. The van der Waals surface area contributed by atoms with E-state index >= 15 is 0 Å². The number of amides is 2. The van der Waals surface area contributed by atoms with E-state index in [0.717, 1.165) is 37.4 Å². The molecule has 1 aromatic carbocycles. The second-order valence-electron chi connectivity index (χ2n) is 7.02. The Morgan fingerprint density at radius 2 is 1.89 bits per heavy atom. The third kappa shape index (κ3) is 3.57. The fourth-order valence-electron chi connectivity index (χ4n) is 3.51. The van der Waals surface area contributed by atoms with Crippen LogP contribution in [0.1, 0.15) is 30.6 Å². The SMILES string of the molecule is Cc1cccc(N2C(=O)/C(=C\c3ccc(N4CCCCC4)o3)C(=O)NC2=S)c1. The number of benzene rings is 1. The summed E-state index contributed by atoms with van der Waals surface area (Å²) in [4.78, 5) is 29.0. The number of nitrogens with zero attached hydrogens (tertiary/aromatic N) is 2. The van der Waals surface area contributed by atoms with E-state index in [4.69, 9.17) is 16.6 Å². The van der Waals surface area contributed by atoms with Crippen LogP contribution in [0.25, 0.3) is 6.08 Å². The second-order valence-corrected chi connectivity index (χ2v) is 7.41. The predicted molar refractivity (Wildman–Crippen MR) is 112 cm³/mol. The predicted octanol–water partition coefficient (Wildman–Crippen LogP) is 3.41. The molecule has 0 bridgehead atoms. The summed E-state index contributed by atoms with van der Waals surface area (Å²) in [7, 11) is 0. The number of thiocarbonyl (C=S) groups is 1. The van der Waals surface area contributed by atoms with Gasteiger partial charge in [0, 0.05) is 19.2 Å². The molecule has 144 valence electrons. The quantitative estimate of drug-likeness (QED) is 0.490. The van der Waals surface area contributed by atoms with Crippen molar-refractivity contribution in [2.45, 2.75) is 26.2 Å². The number of hydrogen-bond donors (Lipinski definition) is 1. The maximum atomic E-state index is 13.0. The highest BCUT2D eigenvalue weighted by Crippen LogP contribution is 2.26. The molecule has 2 fully saturated rings. The van der Waals surface area contributed by atoms with E-state index in [1.165, 1.54) is 17.4 Å². The molecular formula is C21H21N3O3S. The van der Waals surface area contributed by atoms with E-state index in [0.29, 0.717) is 11.4 Å². The van der Waals surface area contributed by atoms with Crippen LogP contribution >= 0.6 is 12.2 Å².